The lowest BCUT2D eigenvalue weighted by atomic mass is 9.84. The van der Waals surface area contributed by atoms with Gasteiger partial charge in [0.05, 0.1) is 18.6 Å². The minimum absolute atomic E-state index is 0.0186. The van der Waals surface area contributed by atoms with Crippen LogP contribution in [0.3, 0.4) is 0 Å². The van der Waals surface area contributed by atoms with Crippen LogP contribution in [0.2, 0.25) is 0 Å². The Morgan fingerprint density at radius 3 is 2.61 bits per heavy atom. The van der Waals surface area contributed by atoms with Crippen LogP contribution < -0.4 is 14.8 Å². The molecular weight excluding hydrogens is 396 g/mol. The summed E-state index contributed by atoms with van der Waals surface area (Å²) in [6.45, 7) is 1.95. The number of thiophene rings is 1. The van der Waals surface area contributed by atoms with E-state index in [0.29, 0.717) is 17.9 Å². The number of carbonyl (C=O) groups is 1. The third-order valence-electron chi connectivity index (χ3n) is 5.32. The quantitative estimate of drug-likeness (QED) is 0.685. The third-order valence-corrected chi connectivity index (χ3v) is 8.00. The largest absolute Gasteiger partial charge is 0.497 e. The molecule has 2 aromatic rings. The van der Waals surface area contributed by atoms with Gasteiger partial charge in [0.15, 0.2) is 0 Å². The average molecular weight is 423 g/mol. The number of sulfonamides is 1. The molecule has 1 aromatic carbocycles. The molecule has 0 spiro atoms. The van der Waals surface area contributed by atoms with Crippen molar-refractivity contribution in [2.45, 2.75) is 42.9 Å². The van der Waals surface area contributed by atoms with E-state index in [9.17, 15) is 13.2 Å². The van der Waals surface area contributed by atoms with Gasteiger partial charge >= 0.3 is 0 Å². The minimum Gasteiger partial charge on any atom is -0.497 e. The van der Waals surface area contributed by atoms with Crippen molar-refractivity contribution in [3.63, 3.8) is 0 Å². The van der Waals surface area contributed by atoms with Crippen LogP contribution in [0.4, 0.5) is 0 Å². The molecule has 1 amide bonds. The van der Waals surface area contributed by atoms with Crippen LogP contribution >= 0.6 is 11.3 Å². The van der Waals surface area contributed by atoms with Crippen molar-refractivity contribution in [2.24, 2.45) is 0 Å². The SMILES string of the molecule is COc1ccc(S(=O)(=O)NCC(=O)NCC2(c3cccs3)CCCC2)c(C)c1. The monoisotopic (exact) mass is 422 g/mol. The molecule has 0 atom stereocenters. The number of hydrogen-bond donors (Lipinski definition) is 2. The number of methoxy groups -OCH3 is 1. The number of amides is 1. The normalized spacial score (nSPS) is 16.1. The molecule has 0 saturated heterocycles. The Bertz CT molecular complexity index is 918. The van der Waals surface area contributed by atoms with Crippen molar-refractivity contribution in [3.8, 4) is 5.75 Å². The second-order valence-corrected chi connectivity index (χ2v) is 9.88. The Labute approximate surface area is 170 Å². The van der Waals surface area contributed by atoms with Crippen LogP contribution in [0.5, 0.6) is 5.75 Å². The molecule has 8 heteroatoms. The first-order valence-electron chi connectivity index (χ1n) is 9.31. The van der Waals surface area contributed by atoms with Gasteiger partial charge < -0.3 is 10.1 Å². The number of nitrogens with one attached hydrogen (secondary N) is 2. The summed E-state index contributed by atoms with van der Waals surface area (Å²) in [4.78, 5) is 13.8. The molecule has 6 nitrogen and oxygen atoms in total. The molecule has 1 aliphatic rings. The van der Waals surface area contributed by atoms with Gasteiger partial charge in [0.25, 0.3) is 0 Å². The summed E-state index contributed by atoms with van der Waals surface area (Å²) >= 11 is 1.72. The van der Waals surface area contributed by atoms with Gasteiger partial charge in [-0.15, -0.1) is 11.3 Å². The van der Waals surface area contributed by atoms with E-state index in [4.69, 9.17) is 4.74 Å². The molecule has 1 aromatic heterocycles. The zero-order valence-corrected chi connectivity index (χ0v) is 17.8. The smallest absolute Gasteiger partial charge is 0.241 e. The van der Waals surface area contributed by atoms with Gasteiger partial charge in [-0.3, -0.25) is 4.79 Å². The van der Waals surface area contributed by atoms with E-state index in [1.54, 1.807) is 30.4 Å². The van der Waals surface area contributed by atoms with Gasteiger partial charge in [-0.2, -0.15) is 0 Å². The lowest BCUT2D eigenvalue weighted by Gasteiger charge is -2.28. The summed E-state index contributed by atoms with van der Waals surface area (Å²) < 4.78 is 32.6. The molecule has 1 saturated carbocycles. The Hall–Kier alpha value is -1.90. The molecule has 1 fully saturated rings. The summed E-state index contributed by atoms with van der Waals surface area (Å²) in [6, 6.07) is 8.88. The summed E-state index contributed by atoms with van der Waals surface area (Å²) in [6.07, 6.45) is 4.39. The highest BCUT2D eigenvalue weighted by atomic mass is 32.2. The number of ether oxygens (including phenoxy) is 1. The van der Waals surface area contributed by atoms with Gasteiger partial charge in [0.1, 0.15) is 5.75 Å². The molecular formula is C20H26N2O4S2. The molecule has 0 radical (unpaired) electrons. The van der Waals surface area contributed by atoms with Crippen LogP contribution in [0.1, 0.15) is 36.1 Å². The zero-order valence-electron chi connectivity index (χ0n) is 16.2. The van der Waals surface area contributed by atoms with Crippen molar-refractivity contribution in [2.75, 3.05) is 20.2 Å². The first kappa shape index (κ1) is 20.8. The fourth-order valence-electron chi connectivity index (χ4n) is 3.76. The van der Waals surface area contributed by atoms with Crippen LogP contribution in [0.15, 0.2) is 40.6 Å². The van der Waals surface area contributed by atoms with E-state index in [2.05, 4.69) is 21.5 Å². The van der Waals surface area contributed by atoms with Crippen molar-refractivity contribution in [1.29, 1.82) is 0 Å². The van der Waals surface area contributed by atoms with Gasteiger partial charge in [0.2, 0.25) is 15.9 Å². The fourth-order valence-corrected chi connectivity index (χ4v) is 5.96. The standard InChI is InChI=1S/C20H26N2O4S2/c1-15-12-16(26-2)7-8-17(15)28(24,25)22-13-19(23)21-14-20(9-3-4-10-20)18-6-5-11-27-18/h5-8,11-12,22H,3-4,9-10,13-14H2,1-2H3,(H,21,23). The first-order chi connectivity index (χ1) is 13.4. The molecule has 152 valence electrons. The predicted octanol–water partition coefficient (Wildman–Crippen LogP) is 2.97. The maximum atomic E-state index is 12.5. The summed E-state index contributed by atoms with van der Waals surface area (Å²) in [5.41, 5.74) is 0.546. The Kier molecular flexibility index (Phi) is 6.42. The molecule has 0 unspecified atom stereocenters. The van der Waals surface area contributed by atoms with Crippen LogP contribution in [-0.4, -0.2) is 34.5 Å². The Balaban J connectivity index is 1.59. The van der Waals surface area contributed by atoms with Gasteiger partial charge in [-0.1, -0.05) is 18.9 Å². The van der Waals surface area contributed by atoms with E-state index < -0.39 is 10.0 Å². The number of rotatable bonds is 8. The summed E-state index contributed by atoms with van der Waals surface area (Å²) in [7, 11) is -2.24. The third kappa shape index (κ3) is 4.56. The van der Waals surface area contributed by atoms with E-state index in [-0.39, 0.29) is 22.8 Å². The number of aryl methyl sites for hydroxylation is 1. The zero-order chi connectivity index (χ0) is 20.2. The van der Waals surface area contributed by atoms with Crippen LogP contribution in [0.25, 0.3) is 0 Å². The van der Waals surface area contributed by atoms with Crippen LogP contribution in [-0.2, 0) is 20.2 Å². The number of carbonyl (C=O) groups excluding carboxylic acids is 1. The van der Waals surface area contributed by atoms with E-state index >= 15 is 0 Å². The van der Waals surface area contributed by atoms with E-state index in [1.165, 1.54) is 18.1 Å². The van der Waals surface area contributed by atoms with Crippen LogP contribution in [0, 0.1) is 6.92 Å². The Morgan fingerprint density at radius 1 is 1.25 bits per heavy atom. The molecule has 28 heavy (non-hydrogen) atoms. The molecule has 1 aliphatic carbocycles. The molecule has 0 bridgehead atoms. The minimum atomic E-state index is -3.77. The average Bonchev–Trinajstić information content (AvgIpc) is 3.37. The van der Waals surface area contributed by atoms with Crippen molar-refractivity contribution < 1.29 is 17.9 Å². The van der Waals surface area contributed by atoms with Gasteiger partial charge in [0, 0.05) is 16.8 Å². The van der Waals surface area contributed by atoms with Gasteiger partial charge in [-0.05, 0) is 55.0 Å². The van der Waals surface area contributed by atoms with Crippen molar-refractivity contribution in [3.05, 3.63) is 46.2 Å². The summed E-state index contributed by atoms with van der Waals surface area (Å²) in [5.74, 6) is 0.266. The van der Waals surface area contributed by atoms with Crippen molar-refractivity contribution >= 4 is 27.3 Å². The van der Waals surface area contributed by atoms with E-state index in [0.717, 1.165) is 25.7 Å². The second-order valence-electron chi connectivity index (χ2n) is 7.20. The fraction of sp³-hybridized carbons (Fsp3) is 0.450. The lowest BCUT2D eigenvalue weighted by Crippen LogP contribution is -2.43. The maximum Gasteiger partial charge on any atom is 0.241 e. The van der Waals surface area contributed by atoms with Gasteiger partial charge in [-0.25, -0.2) is 13.1 Å². The highest BCUT2D eigenvalue weighted by Crippen LogP contribution is 2.42. The predicted molar refractivity (Wildman–Crippen MR) is 110 cm³/mol. The second kappa shape index (κ2) is 8.63. The maximum absolute atomic E-state index is 12.5. The highest BCUT2D eigenvalue weighted by Gasteiger charge is 2.36. The lowest BCUT2D eigenvalue weighted by molar-refractivity contribution is -0.120. The Morgan fingerprint density at radius 2 is 2.00 bits per heavy atom. The molecule has 1 heterocycles. The number of hydrogen-bond acceptors (Lipinski definition) is 5. The van der Waals surface area contributed by atoms with Crippen molar-refractivity contribution in [1.82, 2.24) is 10.0 Å². The summed E-state index contributed by atoms with van der Waals surface area (Å²) in [5, 5.41) is 4.99. The topological polar surface area (TPSA) is 84.5 Å². The highest BCUT2D eigenvalue weighted by molar-refractivity contribution is 7.89. The van der Waals surface area contributed by atoms with E-state index in [1.807, 2.05) is 6.07 Å². The molecule has 2 N–H and O–H groups in total. The molecule has 3 rings (SSSR count). The number of benzene rings is 1. The first-order valence-corrected chi connectivity index (χ1v) is 11.7. The molecule has 0 aliphatic heterocycles.